The summed E-state index contributed by atoms with van der Waals surface area (Å²) in [6, 6.07) is 9.22. The molecule has 0 aliphatic rings. The average molecular weight is 302 g/mol. The van der Waals surface area contributed by atoms with Crippen molar-refractivity contribution in [3.63, 3.8) is 0 Å². The van der Waals surface area contributed by atoms with Crippen molar-refractivity contribution >= 4 is 11.8 Å². The molecule has 1 amide bonds. The first-order chi connectivity index (χ1) is 10.5. The molecule has 0 radical (unpaired) electrons. The van der Waals surface area contributed by atoms with Crippen LogP contribution in [0, 0.1) is 6.92 Å². The highest BCUT2D eigenvalue weighted by Crippen LogP contribution is 2.07. The summed E-state index contributed by atoms with van der Waals surface area (Å²) in [6.45, 7) is 5.38. The average Bonchev–Trinajstić information content (AvgIpc) is 2.81. The van der Waals surface area contributed by atoms with E-state index in [0.29, 0.717) is 17.0 Å². The van der Waals surface area contributed by atoms with Crippen LogP contribution in [0.5, 0.6) is 0 Å². The van der Waals surface area contributed by atoms with E-state index in [2.05, 4.69) is 15.6 Å². The van der Waals surface area contributed by atoms with Gasteiger partial charge in [0.1, 0.15) is 0 Å². The fourth-order valence-electron chi connectivity index (χ4n) is 2.08. The summed E-state index contributed by atoms with van der Waals surface area (Å²) < 4.78 is 6.15. The number of ether oxygens (including phenoxy) is 1. The first kappa shape index (κ1) is 15.6. The van der Waals surface area contributed by atoms with Crippen LogP contribution >= 0.6 is 0 Å². The second-order valence-electron chi connectivity index (χ2n) is 4.62. The Morgan fingerprint density at radius 1 is 1.36 bits per heavy atom. The molecule has 0 saturated carbocycles. The summed E-state index contributed by atoms with van der Waals surface area (Å²) >= 11 is 0. The first-order valence-corrected chi connectivity index (χ1v) is 6.89. The van der Waals surface area contributed by atoms with Crippen molar-refractivity contribution in [1.82, 2.24) is 15.2 Å². The lowest BCUT2D eigenvalue weighted by Crippen LogP contribution is -2.23. The van der Waals surface area contributed by atoms with E-state index in [0.717, 1.165) is 5.69 Å². The van der Waals surface area contributed by atoms with Crippen molar-refractivity contribution in [2.45, 2.75) is 20.8 Å². The molecule has 116 valence electrons. The van der Waals surface area contributed by atoms with Gasteiger partial charge in [0.15, 0.2) is 0 Å². The number of aromatic amines is 1. The van der Waals surface area contributed by atoms with Gasteiger partial charge in [0.25, 0.3) is 5.56 Å². The number of nitrogens with zero attached hydrogens (tertiary/aromatic N) is 2. The molecular weight excluding hydrogens is 284 g/mol. The second-order valence-corrected chi connectivity index (χ2v) is 4.62. The summed E-state index contributed by atoms with van der Waals surface area (Å²) in [5.74, 6) is 0. The number of hydrazone groups is 1. The van der Waals surface area contributed by atoms with Crippen LogP contribution < -0.4 is 11.0 Å². The largest absolute Gasteiger partial charge is 0.449 e. The van der Waals surface area contributed by atoms with Gasteiger partial charge >= 0.3 is 6.09 Å². The van der Waals surface area contributed by atoms with E-state index in [4.69, 9.17) is 4.74 Å². The lowest BCUT2D eigenvalue weighted by atomic mass is 10.2. The van der Waals surface area contributed by atoms with Crippen LogP contribution in [-0.4, -0.2) is 28.2 Å². The molecule has 0 aliphatic carbocycles. The normalized spacial score (nSPS) is 11.3. The third-order valence-corrected chi connectivity index (χ3v) is 3.04. The van der Waals surface area contributed by atoms with Crippen LogP contribution in [0.1, 0.15) is 25.1 Å². The summed E-state index contributed by atoms with van der Waals surface area (Å²) in [4.78, 5) is 23.8. The zero-order valence-electron chi connectivity index (χ0n) is 12.7. The van der Waals surface area contributed by atoms with Crippen molar-refractivity contribution in [2.24, 2.45) is 5.10 Å². The van der Waals surface area contributed by atoms with Crippen molar-refractivity contribution in [2.75, 3.05) is 6.61 Å². The van der Waals surface area contributed by atoms with E-state index < -0.39 is 6.09 Å². The highest BCUT2D eigenvalue weighted by atomic mass is 16.5. The van der Waals surface area contributed by atoms with Gasteiger partial charge in [0.2, 0.25) is 0 Å². The molecule has 0 unspecified atom stereocenters. The first-order valence-electron chi connectivity index (χ1n) is 6.89. The van der Waals surface area contributed by atoms with Gasteiger partial charge in [-0.1, -0.05) is 18.2 Å². The Morgan fingerprint density at radius 2 is 2.05 bits per heavy atom. The SMILES string of the molecule is CCOC(=O)NN=C(C)c1c(C)[nH]n(-c2ccccc2)c1=O. The maximum absolute atomic E-state index is 12.5. The zero-order chi connectivity index (χ0) is 16.1. The summed E-state index contributed by atoms with van der Waals surface area (Å²) in [5, 5.41) is 6.90. The van der Waals surface area contributed by atoms with E-state index in [1.54, 1.807) is 20.8 Å². The molecule has 0 aliphatic heterocycles. The lowest BCUT2D eigenvalue weighted by molar-refractivity contribution is 0.152. The Labute approximate surface area is 127 Å². The fraction of sp³-hybridized carbons (Fsp3) is 0.267. The Bertz CT molecular complexity index is 744. The van der Waals surface area contributed by atoms with Crippen LogP contribution in [0.15, 0.2) is 40.2 Å². The molecule has 7 heteroatoms. The standard InChI is InChI=1S/C15H18N4O3/c1-4-22-15(21)17-16-10(2)13-11(3)18-19(14(13)20)12-8-6-5-7-9-12/h5-9,18H,4H2,1-3H3,(H,17,21). The van der Waals surface area contributed by atoms with Crippen molar-refractivity contribution in [3.05, 3.63) is 51.9 Å². The molecule has 2 rings (SSSR count). The van der Waals surface area contributed by atoms with E-state index in [9.17, 15) is 9.59 Å². The number of aromatic nitrogens is 2. The zero-order valence-corrected chi connectivity index (χ0v) is 12.7. The van der Waals surface area contributed by atoms with Crippen molar-refractivity contribution in [3.8, 4) is 5.69 Å². The third kappa shape index (κ3) is 3.25. The monoisotopic (exact) mass is 302 g/mol. The molecule has 0 spiro atoms. The number of hydrogen-bond donors (Lipinski definition) is 2. The van der Waals surface area contributed by atoms with Crippen LogP contribution in [0.3, 0.4) is 0 Å². The molecule has 2 N–H and O–H groups in total. The maximum atomic E-state index is 12.5. The topological polar surface area (TPSA) is 88.5 Å². The van der Waals surface area contributed by atoms with Gasteiger partial charge in [0.05, 0.1) is 23.6 Å². The number of nitrogens with one attached hydrogen (secondary N) is 2. The number of carbonyl (C=O) groups excluding carboxylic acids is 1. The Morgan fingerprint density at radius 3 is 2.68 bits per heavy atom. The summed E-state index contributed by atoms with van der Waals surface area (Å²) in [5.41, 5.74) is 4.24. The van der Waals surface area contributed by atoms with E-state index in [1.165, 1.54) is 4.68 Å². The van der Waals surface area contributed by atoms with E-state index in [-0.39, 0.29) is 12.2 Å². The molecule has 1 heterocycles. The number of aryl methyl sites for hydroxylation is 1. The fourth-order valence-corrected chi connectivity index (χ4v) is 2.08. The number of carbonyl (C=O) groups is 1. The van der Waals surface area contributed by atoms with Gasteiger partial charge < -0.3 is 4.74 Å². The van der Waals surface area contributed by atoms with Crippen LogP contribution in [0.4, 0.5) is 4.79 Å². The molecule has 1 aromatic heterocycles. The highest BCUT2D eigenvalue weighted by Gasteiger charge is 2.15. The number of H-pyrrole nitrogens is 1. The van der Waals surface area contributed by atoms with Gasteiger partial charge in [-0.3, -0.25) is 9.89 Å². The molecule has 0 saturated heterocycles. The van der Waals surface area contributed by atoms with Crippen LogP contribution in [0.2, 0.25) is 0 Å². The predicted molar refractivity (Wildman–Crippen MR) is 83.5 cm³/mol. The Balaban J connectivity index is 2.33. The number of amides is 1. The summed E-state index contributed by atoms with van der Waals surface area (Å²) in [7, 11) is 0. The summed E-state index contributed by atoms with van der Waals surface area (Å²) in [6.07, 6.45) is -0.654. The van der Waals surface area contributed by atoms with Gasteiger partial charge in [-0.2, -0.15) is 5.10 Å². The van der Waals surface area contributed by atoms with Gasteiger partial charge in [-0.25, -0.2) is 14.9 Å². The van der Waals surface area contributed by atoms with Crippen molar-refractivity contribution in [1.29, 1.82) is 0 Å². The molecule has 0 atom stereocenters. The number of para-hydroxylation sites is 1. The minimum atomic E-state index is -0.654. The smallest absolute Gasteiger partial charge is 0.427 e. The van der Waals surface area contributed by atoms with E-state index >= 15 is 0 Å². The van der Waals surface area contributed by atoms with Crippen molar-refractivity contribution < 1.29 is 9.53 Å². The predicted octanol–water partition coefficient (Wildman–Crippen LogP) is 1.94. The molecule has 2 aromatic rings. The second kappa shape index (κ2) is 6.75. The molecule has 0 bridgehead atoms. The molecular formula is C15H18N4O3. The van der Waals surface area contributed by atoms with Gasteiger partial charge in [-0.05, 0) is 32.9 Å². The number of rotatable bonds is 4. The van der Waals surface area contributed by atoms with Crippen LogP contribution in [-0.2, 0) is 4.74 Å². The number of benzene rings is 1. The minimum absolute atomic E-state index is 0.226. The molecule has 1 aromatic carbocycles. The maximum Gasteiger partial charge on any atom is 0.427 e. The van der Waals surface area contributed by atoms with E-state index in [1.807, 2.05) is 30.3 Å². The minimum Gasteiger partial charge on any atom is -0.449 e. The van der Waals surface area contributed by atoms with Gasteiger partial charge in [-0.15, -0.1) is 0 Å². The van der Waals surface area contributed by atoms with Gasteiger partial charge in [0, 0.05) is 5.69 Å². The lowest BCUT2D eigenvalue weighted by Gasteiger charge is -2.01. The Hall–Kier alpha value is -2.83. The molecule has 22 heavy (non-hydrogen) atoms. The highest BCUT2D eigenvalue weighted by molar-refractivity contribution is 5.99. The Kier molecular flexibility index (Phi) is 4.77. The third-order valence-electron chi connectivity index (χ3n) is 3.04. The quantitative estimate of drug-likeness (QED) is 0.668. The van der Waals surface area contributed by atoms with Crippen LogP contribution in [0.25, 0.3) is 5.69 Å². The molecule has 7 nitrogen and oxygen atoms in total. The number of hydrogen-bond acceptors (Lipinski definition) is 4. The molecule has 0 fully saturated rings.